The summed E-state index contributed by atoms with van der Waals surface area (Å²) in [5.74, 6) is 1.23. The SMILES string of the molecule is COc1ncccc1C(=O)N1CCCC(C2NNCC2c2ccccc2)C1. The fourth-order valence-electron chi connectivity index (χ4n) is 4.36. The first-order chi connectivity index (χ1) is 13.3. The quantitative estimate of drug-likeness (QED) is 0.868. The molecule has 27 heavy (non-hydrogen) atoms. The number of benzene rings is 1. The molecule has 2 fully saturated rings. The van der Waals surface area contributed by atoms with Crippen LogP contribution < -0.4 is 15.6 Å². The minimum atomic E-state index is 0.00636. The van der Waals surface area contributed by atoms with Crippen molar-refractivity contribution in [3.63, 3.8) is 0 Å². The lowest BCUT2D eigenvalue weighted by molar-refractivity contribution is 0.0640. The van der Waals surface area contributed by atoms with Crippen LogP contribution in [0.25, 0.3) is 0 Å². The van der Waals surface area contributed by atoms with Crippen molar-refractivity contribution in [3.05, 3.63) is 59.8 Å². The average Bonchev–Trinajstić information content (AvgIpc) is 3.24. The van der Waals surface area contributed by atoms with Crippen molar-refractivity contribution >= 4 is 5.91 Å². The summed E-state index contributed by atoms with van der Waals surface area (Å²) >= 11 is 0. The van der Waals surface area contributed by atoms with Gasteiger partial charge in [0.25, 0.3) is 5.91 Å². The Kier molecular flexibility index (Phi) is 5.36. The molecule has 0 radical (unpaired) electrons. The third-order valence-corrected chi connectivity index (χ3v) is 5.70. The van der Waals surface area contributed by atoms with Crippen LogP contribution in [0.4, 0.5) is 0 Å². The van der Waals surface area contributed by atoms with Crippen molar-refractivity contribution in [1.29, 1.82) is 0 Å². The van der Waals surface area contributed by atoms with Crippen molar-refractivity contribution in [2.45, 2.75) is 24.8 Å². The Morgan fingerprint density at radius 1 is 1.22 bits per heavy atom. The number of hydrogen-bond donors (Lipinski definition) is 2. The number of hydrogen-bond acceptors (Lipinski definition) is 5. The maximum Gasteiger partial charge on any atom is 0.259 e. The smallest absolute Gasteiger partial charge is 0.259 e. The van der Waals surface area contributed by atoms with Gasteiger partial charge in [0, 0.05) is 37.8 Å². The summed E-state index contributed by atoms with van der Waals surface area (Å²) < 4.78 is 5.28. The third kappa shape index (κ3) is 3.68. The van der Waals surface area contributed by atoms with Gasteiger partial charge in [0.2, 0.25) is 5.88 Å². The molecule has 3 heterocycles. The van der Waals surface area contributed by atoms with Crippen LogP contribution in [-0.4, -0.2) is 48.6 Å². The fourth-order valence-corrected chi connectivity index (χ4v) is 4.36. The van der Waals surface area contributed by atoms with Gasteiger partial charge in [-0.1, -0.05) is 30.3 Å². The van der Waals surface area contributed by atoms with Crippen molar-refractivity contribution in [2.24, 2.45) is 5.92 Å². The predicted octanol–water partition coefficient (Wildman–Crippen LogP) is 2.20. The van der Waals surface area contributed by atoms with Crippen LogP contribution in [0.15, 0.2) is 48.7 Å². The van der Waals surface area contributed by atoms with Crippen molar-refractivity contribution in [3.8, 4) is 5.88 Å². The molecule has 0 bridgehead atoms. The summed E-state index contributed by atoms with van der Waals surface area (Å²) in [6, 6.07) is 14.5. The second-order valence-electron chi connectivity index (χ2n) is 7.28. The van der Waals surface area contributed by atoms with Gasteiger partial charge in [0.1, 0.15) is 5.56 Å². The first-order valence-corrected chi connectivity index (χ1v) is 9.59. The van der Waals surface area contributed by atoms with Crippen LogP contribution >= 0.6 is 0 Å². The monoisotopic (exact) mass is 366 g/mol. The molecule has 0 aliphatic carbocycles. The van der Waals surface area contributed by atoms with Gasteiger partial charge in [0.05, 0.1) is 7.11 Å². The average molecular weight is 366 g/mol. The molecule has 1 amide bonds. The van der Waals surface area contributed by atoms with E-state index in [4.69, 9.17) is 4.74 Å². The Bertz CT molecular complexity index is 783. The summed E-state index contributed by atoms with van der Waals surface area (Å²) in [5, 5.41) is 0. The number of pyridine rings is 1. The molecule has 2 saturated heterocycles. The molecule has 4 rings (SSSR count). The van der Waals surface area contributed by atoms with Crippen LogP contribution in [0.5, 0.6) is 5.88 Å². The van der Waals surface area contributed by atoms with E-state index < -0.39 is 0 Å². The Morgan fingerprint density at radius 2 is 2.07 bits per heavy atom. The number of amides is 1. The third-order valence-electron chi connectivity index (χ3n) is 5.70. The van der Waals surface area contributed by atoms with Gasteiger partial charge in [-0.2, -0.15) is 0 Å². The summed E-state index contributed by atoms with van der Waals surface area (Å²) in [7, 11) is 1.55. The number of nitrogens with zero attached hydrogens (tertiary/aromatic N) is 2. The van der Waals surface area contributed by atoms with Gasteiger partial charge < -0.3 is 9.64 Å². The highest BCUT2D eigenvalue weighted by Crippen LogP contribution is 2.32. The lowest BCUT2D eigenvalue weighted by atomic mass is 9.81. The van der Waals surface area contributed by atoms with E-state index in [-0.39, 0.29) is 5.91 Å². The molecular formula is C21H26N4O2. The second-order valence-corrected chi connectivity index (χ2v) is 7.28. The number of hydrazine groups is 1. The molecular weight excluding hydrogens is 340 g/mol. The normalized spacial score (nSPS) is 25.4. The molecule has 1 aromatic heterocycles. The van der Waals surface area contributed by atoms with E-state index in [2.05, 4.69) is 46.2 Å². The molecule has 2 aromatic rings. The van der Waals surface area contributed by atoms with Crippen molar-refractivity contribution in [1.82, 2.24) is 20.7 Å². The molecule has 2 N–H and O–H groups in total. The molecule has 1 aromatic carbocycles. The van der Waals surface area contributed by atoms with Crippen LogP contribution in [0.3, 0.4) is 0 Å². The Labute approximate surface area is 159 Å². The summed E-state index contributed by atoms with van der Waals surface area (Å²) in [6.45, 7) is 2.44. The number of nitrogens with one attached hydrogen (secondary N) is 2. The minimum Gasteiger partial charge on any atom is -0.480 e. The zero-order valence-electron chi connectivity index (χ0n) is 15.6. The molecule has 142 valence electrons. The molecule has 2 aliphatic heterocycles. The first-order valence-electron chi connectivity index (χ1n) is 9.59. The predicted molar refractivity (Wildman–Crippen MR) is 104 cm³/mol. The number of rotatable bonds is 4. The van der Waals surface area contributed by atoms with E-state index >= 15 is 0 Å². The summed E-state index contributed by atoms with van der Waals surface area (Å²) in [6.07, 6.45) is 3.78. The number of piperidine rings is 1. The maximum absolute atomic E-state index is 13.1. The fraction of sp³-hybridized carbons (Fsp3) is 0.429. The molecule has 2 aliphatic rings. The van der Waals surface area contributed by atoms with Gasteiger partial charge in [-0.05, 0) is 36.5 Å². The Balaban J connectivity index is 1.50. The van der Waals surface area contributed by atoms with Gasteiger partial charge in [-0.3, -0.25) is 15.6 Å². The van der Waals surface area contributed by atoms with Gasteiger partial charge in [-0.25, -0.2) is 4.98 Å². The largest absolute Gasteiger partial charge is 0.480 e. The van der Waals surface area contributed by atoms with Gasteiger partial charge >= 0.3 is 0 Å². The van der Waals surface area contributed by atoms with E-state index in [0.717, 1.165) is 32.5 Å². The van der Waals surface area contributed by atoms with Crippen molar-refractivity contribution < 1.29 is 9.53 Å². The minimum absolute atomic E-state index is 0.00636. The molecule has 0 spiro atoms. The number of methoxy groups -OCH3 is 1. The first kappa shape index (κ1) is 17.9. The van der Waals surface area contributed by atoms with Crippen molar-refractivity contribution in [2.75, 3.05) is 26.7 Å². The Hall–Kier alpha value is -2.44. The maximum atomic E-state index is 13.1. The van der Waals surface area contributed by atoms with Crippen LogP contribution in [-0.2, 0) is 0 Å². The highest BCUT2D eigenvalue weighted by molar-refractivity contribution is 5.96. The highest BCUT2D eigenvalue weighted by atomic mass is 16.5. The molecule has 3 atom stereocenters. The lowest BCUT2D eigenvalue weighted by Crippen LogP contribution is -2.48. The van der Waals surface area contributed by atoms with E-state index in [9.17, 15) is 4.79 Å². The van der Waals surface area contributed by atoms with Crippen LogP contribution in [0.2, 0.25) is 0 Å². The molecule has 6 nitrogen and oxygen atoms in total. The number of aromatic nitrogens is 1. The summed E-state index contributed by atoms with van der Waals surface area (Å²) in [4.78, 5) is 19.2. The zero-order valence-corrected chi connectivity index (χ0v) is 15.6. The van der Waals surface area contributed by atoms with E-state index in [0.29, 0.717) is 29.3 Å². The standard InChI is InChI=1S/C21H26N4O2/c1-27-20-17(10-5-11-22-20)21(26)25-12-6-9-16(14-25)19-18(13-23-24-19)15-7-3-2-4-8-15/h2-5,7-8,10-11,16,18-19,23-24H,6,9,12-14H2,1H3. The topological polar surface area (TPSA) is 66.5 Å². The Morgan fingerprint density at radius 3 is 2.89 bits per heavy atom. The molecule has 6 heteroatoms. The van der Waals surface area contributed by atoms with E-state index in [1.54, 1.807) is 25.4 Å². The highest BCUT2D eigenvalue weighted by Gasteiger charge is 2.38. The zero-order chi connectivity index (χ0) is 18.6. The molecule has 3 unspecified atom stereocenters. The molecule has 0 saturated carbocycles. The van der Waals surface area contributed by atoms with Crippen LogP contribution in [0, 0.1) is 5.92 Å². The number of ether oxygens (including phenoxy) is 1. The summed E-state index contributed by atoms with van der Waals surface area (Å²) in [5.41, 5.74) is 8.68. The second kappa shape index (κ2) is 8.06. The van der Waals surface area contributed by atoms with Crippen LogP contribution in [0.1, 0.15) is 34.7 Å². The van der Waals surface area contributed by atoms with E-state index in [1.807, 2.05) is 4.90 Å². The number of carbonyl (C=O) groups is 1. The lowest BCUT2D eigenvalue weighted by Gasteiger charge is -2.37. The van der Waals surface area contributed by atoms with Gasteiger partial charge in [-0.15, -0.1) is 0 Å². The number of likely N-dealkylation sites (tertiary alicyclic amines) is 1. The number of carbonyl (C=O) groups excluding carboxylic acids is 1. The van der Waals surface area contributed by atoms with E-state index in [1.165, 1.54) is 5.56 Å². The van der Waals surface area contributed by atoms with Gasteiger partial charge in [0.15, 0.2) is 0 Å².